The molecule has 0 saturated heterocycles. The standard InChI is InChI=1S/C17H23NO2/c19-12-14-7-1-3-9-15(14)17(20)18-11-5-8-13-6-2-4-10-16(13)18/h2,4,6,10,14-15,19H,1,3,5,7-9,11-12H2. The van der Waals surface area contributed by atoms with Crippen molar-refractivity contribution in [3.05, 3.63) is 29.8 Å². The molecule has 0 aromatic heterocycles. The van der Waals surface area contributed by atoms with E-state index in [0.717, 1.165) is 50.8 Å². The molecule has 20 heavy (non-hydrogen) atoms. The first-order chi connectivity index (χ1) is 9.81. The normalized spacial score (nSPS) is 26.1. The van der Waals surface area contributed by atoms with E-state index in [-0.39, 0.29) is 24.3 Å². The molecule has 1 aliphatic carbocycles. The van der Waals surface area contributed by atoms with E-state index >= 15 is 0 Å². The third-order valence-corrected chi connectivity index (χ3v) is 4.84. The van der Waals surface area contributed by atoms with Crippen LogP contribution in [0.4, 0.5) is 5.69 Å². The second-order valence-electron chi connectivity index (χ2n) is 6.06. The van der Waals surface area contributed by atoms with Gasteiger partial charge in [0.2, 0.25) is 5.91 Å². The van der Waals surface area contributed by atoms with Crippen molar-refractivity contribution in [2.45, 2.75) is 38.5 Å². The molecule has 1 saturated carbocycles. The lowest BCUT2D eigenvalue weighted by Crippen LogP contribution is -2.43. The molecule has 3 nitrogen and oxygen atoms in total. The Labute approximate surface area is 120 Å². The number of aryl methyl sites for hydroxylation is 1. The number of benzene rings is 1. The van der Waals surface area contributed by atoms with E-state index in [0.29, 0.717) is 0 Å². The van der Waals surface area contributed by atoms with Crippen LogP contribution in [0.3, 0.4) is 0 Å². The summed E-state index contributed by atoms with van der Waals surface area (Å²) in [6.07, 6.45) is 6.28. The molecule has 0 spiro atoms. The van der Waals surface area contributed by atoms with E-state index in [4.69, 9.17) is 0 Å². The van der Waals surface area contributed by atoms with Gasteiger partial charge < -0.3 is 10.0 Å². The van der Waals surface area contributed by atoms with Gasteiger partial charge in [0.05, 0.1) is 0 Å². The predicted octanol–water partition coefficient (Wildman–Crippen LogP) is 2.76. The highest BCUT2D eigenvalue weighted by Gasteiger charge is 2.35. The number of fused-ring (bicyclic) bond motifs is 1. The van der Waals surface area contributed by atoms with Crippen LogP contribution in [0.2, 0.25) is 0 Å². The summed E-state index contributed by atoms with van der Waals surface area (Å²) in [6.45, 7) is 0.969. The summed E-state index contributed by atoms with van der Waals surface area (Å²) in [5, 5.41) is 9.53. The molecular formula is C17H23NO2. The molecule has 1 aliphatic heterocycles. The summed E-state index contributed by atoms with van der Waals surface area (Å²) in [6, 6.07) is 8.24. The van der Waals surface area contributed by atoms with Crippen LogP contribution in [0.1, 0.15) is 37.7 Å². The van der Waals surface area contributed by atoms with Gasteiger partial charge in [0.1, 0.15) is 0 Å². The van der Waals surface area contributed by atoms with Crippen molar-refractivity contribution in [2.75, 3.05) is 18.1 Å². The van der Waals surface area contributed by atoms with Gasteiger partial charge in [0, 0.05) is 24.8 Å². The SMILES string of the molecule is O=C(C1CCCCC1CO)N1CCCc2ccccc21. The van der Waals surface area contributed by atoms with E-state index in [9.17, 15) is 9.90 Å². The number of amides is 1. The number of aliphatic hydroxyl groups is 1. The van der Waals surface area contributed by atoms with Gasteiger partial charge >= 0.3 is 0 Å². The number of hydrogen-bond donors (Lipinski definition) is 1. The van der Waals surface area contributed by atoms with Crippen LogP contribution in [0.15, 0.2) is 24.3 Å². The molecular weight excluding hydrogens is 250 g/mol. The fraction of sp³-hybridized carbons (Fsp3) is 0.588. The maximum absolute atomic E-state index is 12.9. The van der Waals surface area contributed by atoms with Crippen molar-refractivity contribution in [3.8, 4) is 0 Å². The first-order valence-electron chi connectivity index (χ1n) is 7.81. The van der Waals surface area contributed by atoms with E-state index < -0.39 is 0 Å². The fourth-order valence-electron chi connectivity index (χ4n) is 3.71. The summed E-state index contributed by atoms with van der Waals surface area (Å²) < 4.78 is 0. The zero-order valence-corrected chi connectivity index (χ0v) is 11.9. The van der Waals surface area contributed by atoms with Crippen molar-refractivity contribution in [3.63, 3.8) is 0 Å². The number of carbonyl (C=O) groups is 1. The highest BCUT2D eigenvalue weighted by molar-refractivity contribution is 5.96. The third kappa shape index (κ3) is 2.47. The van der Waals surface area contributed by atoms with Crippen LogP contribution in [0, 0.1) is 11.8 Å². The number of carbonyl (C=O) groups excluding carboxylic acids is 1. The Kier molecular flexibility index (Phi) is 4.06. The number of hydrogen-bond acceptors (Lipinski definition) is 2. The molecule has 1 heterocycles. The molecule has 1 fully saturated rings. The Bertz CT molecular complexity index is 486. The Morgan fingerprint density at radius 1 is 1.20 bits per heavy atom. The van der Waals surface area contributed by atoms with Crippen molar-refractivity contribution >= 4 is 11.6 Å². The Balaban J connectivity index is 1.84. The fourth-order valence-corrected chi connectivity index (χ4v) is 3.71. The number of anilines is 1. The quantitative estimate of drug-likeness (QED) is 0.900. The maximum atomic E-state index is 12.9. The molecule has 108 valence electrons. The highest BCUT2D eigenvalue weighted by Crippen LogP contribution is 2.34. The average Bonchev–Trinajstić information content (AvgIpc) is 2.53. The van der Waals surface area contributed by atoms with E-state index in [1.54, 1.807) is 0 Å². The summed E-state index contributed by atoms with van der Waals surface area (Å²) in [7, 11) is 0. The molecule has 0 radical (unpaired) electrons. The molecule has 1 aromatic rings. The monoisotopic (exact) mass is 273 g/mol. The number of nitrogens with zero attached hydrogens (tertiary/aromatic N) is 1. The summed E-state index contributed by atoms with van der Waals surface area (Å²) >= 11 is 0. The molecule has 1 aromatic carbocycles. The second kappa shape index (κ2) is 5.96. The molecule has 3 heteroatoms. The van der Waals surface area contributed by atoms with E-state index in [1.807, 2.05) is 17.0 Å². The van der Waals surface area contributed by atoms with Gasteiger partial charge in [-0.15, -0.1) is 0 Å². The minimum Gasteiger partial charge on any atom is -0.396 e. The molecule has 0 bridgehead atoms. The van der Waals surface area contributed by atoms with Crippen molar-refractivity contribution in [1.29, 1.82) is 0 Å². The van der Waals surface area contributed by atoms with Gasteiger partial charge in [0.25, 0.3) is 0 Å². The summed E-state index contributed by atoms with van der Waals surface area (Å²) in [4.78, 5) is 14.9. The van der Waals surface area contributed by atoms with Gasteiger partial charge in [0.15, 0.2) is 0 Å². The van der Waals surface area contributed by atoms with Crippen molar-refractivity contribution < 1.29 is 9.90 Å². The molecule has 2 unspecified atom stereocenters. The third-order valence-electron chi connectivity index (χ3n) is 4.84. The van der Waals surface area contributed by atoms with E-state index in [1.165, 1.54) is 5.56 Å². The molecule has 2 atom stereocenters. The Morgan fingerprint density at radius 2 is 2.00 bits per heavy atom. The Hall–Kier alpha value is -1.35. The molecule has 1 amide bonds. The lowest BCUT2D eigenvalue weighted by Gasteiger charge is -2.36. The second-order valence-corrected chi connectivity index (χ2v) is 6.06. The van der Waals surface area contributed by atoms with Gasteiger partial charge in [-0.25, -0.2) is 0 Å². The highest BCUT2D eigenvalue weighted by atomic mass is 16.3. The van der Waals surface area contributed by atoms with Crippen molar-refractivity contribution in [2.24, 2.45) is 11.8 Å². The van der Waals surface area contributed by atoms with Crippen LogP contribution >= 0.6 is 0 Å². The lowest BCUT2D eigenvalue weighted by atomic mass is 9.78. The maximum Gasteiger partial charge on any atom is 0.230 e. The summed E-state index contributed by atoms with van der Waals surface area (Å²) in [5.74, 6) is 0.404. The minimum absolute atomic E-state index is 0.0138. The van der Waals surface area contributed by atoms with Crippen LogP contribution in [0.5, 0.6) is 0 Å². The van der Waals surface area contributed by atoms with E-state index in [2.05, 4.69) is 12.1 Å². The lowest BCUT2D eigenvalue weighted by molar-refractivity contribution is -0.125. The van der Waals surface area contributed by atoms with Crippen LogP contribution in [0.25, 0.3) is 0 Å². The molecule has 2 aliphatic rings. The summed E-state index contributed by atoms with van der Waals surface area (Å²) in [5.41, 5.74) is 2.37. The van der Waals surface area contributed by atoms with Crippen LogP contribution in [-0.4, -0.2) is 24.2 Å². The minimum atomic E-state index is 0.0138. The largest absolute Gasteiger partial charge is 0.396 e. The number of rotatable bonds is 2. The van der Waals surface area contributed by atoms with Gasteiger partial charge in [-0.1, -0.05) is 31.0 Å². The van der Waals surface area contributed by atoms with Gasteiger partial charge in [-0.05, 0) is 43.2 Å². The molecule has 3 rings (SSSR count). The number of para-hydroxylation sites is 1. The topological polar surface area (TPSA) is 40.5 Å². The van der Waals surface area contributed by atoms with Gasteiger partial charge in [-0.2, -0.15) is 0 Å². The van der Waals surface area contributed by atoms with Crippen molar-refractivity contribution in [1.82, 2.24) is 0 Å². The smallest absolute Gasteiger partial charge is 0.230 e. The van der Waals surface area contributed by atoms with Gasteiger partial charge in [-0.3, -0.25) is 4.79 Å². The first kappa shape index (κ1) is 13.6. The first-order valence-corrected chi connectivity index (χ1v) is 7.81. The number of aliphatic hydroxyl groups excluding tert-OH is 1. The zero-order chi connectivity index (χ0) is 13.9. The Morgan fingerprint density at radius 3 is 2.85 bits per heavy atom. The predicted molar refractivity (Wildman–Crippen MR) is 79.6 cm³/mol. The van der Waals surface area contributed by atoms with Crippen LogP contribution in [-0.2, 0) is 11.2 Å². The molecule has 1 N–H and O–H groups in total. The average molecular weight is 273 g/mol. The van der Waals surface area contributed by atoms with Crippen LogP contribution < -0.4 is 4.90 Å². The zero-order valence-electron chi connectivity index (χ0n) is 11.9.